The van der Waals surface area contributed by atoms with Crippen molar-refractivity contribution >= 4 is 39.6 Å². The number of carbonyl (C=O) groups is 1. The Morgan fingerprint density at radius 3 is 2.96 bits per heavy atom. The van der Waals surface area contributed by atoms with Crippen molar-refractivity contribution < 1.29 is 15.0 Å². The molecule has 0 aliphatic rings. The predicted molar refractivity (Wildman–Crippen MR) is 96.3 cm³/mol. The van der Waals surface area contributed by atoms with Crippen molar-refractivity contribution in [2.24, 2.45) is 0 Å². The summed E-state index contributed by atoms with van der Waals surface area (Å²) in [5.41, 5.74) is 2.60. The van der Waals surface area contributed by atoms with Gasteiger partial charge in [0.15, 0.2) is 5.65 Å². The Labute approximate surface area is 152 Å². The van der Waals surface area contributed by atoms with E-state index in [0.717, 1.165) is 10.9 Å². The van der Waals surface area contributed by atoms with Crippen LogP contribution >= 0.6 is 11.6 Å². The molecule has 0 spiro atoms. The van der Waals surface area contributed by atoms with Crippen molar-refractivity contribution in [3.63, 3.8) is 0 Å². The van der Waals surface area contributed by atoms with E-state index in [2.05, 4.69) is 20.1 Å². The molecule has 3 aromatic heterocycles. The number of H-pyrrole nitrogens is 1. The van der Waals surface area contributed by atoms with Crippen LogP contribution in [0.4, 0.5) is 0 Å². The number of fused-ring (bicyclic) bond motifs is 2. The number of carboxylic acids is 1. The Balaban J connectivity index is 1.92. The van der Waals surface area contributed by atoms with Crippen molar-refractivity contribution in [2.75, 3.05) is 6.61 Å². The summed E-state index contributed by atoms with van der Waals surface area (Å²) in [6.07, 6.45) is 3.47. The molecule has 0 unspecified atom stereocenters. The minimum Gasteiger partial charge on any atom is -0.478 e. The SMILES string of the molecule is O=C(O)c1c[nH]c2ncc(-c3nn(CCCO)c4cc(Cl)ccc34)nc12. The van der Waals surface area contributed by atoms with Crippen LogP contribution in [-0.4, -0.2) is 47.5 Å². The Morgan fingerprint density at radius 2 is 2.19 bits per heavy atom. The first-order chi connectivity index (χ1) is 12.6. The number of carboxylic acid groups (broad SMARTS) is 1. The fourth-order valence-electron chi connectivity index (χ4n) is 2.90. The van der Waals surface area contributed by atoms with Crippen LogP contribution in [0.3, 0.4) is 0 Å². The topological polar surface area (TPSA) is 117 Å². The molecule has 0 amide bonds. The van der Waals surface area contributed by atoms with Crippen LogP contribution in [0.2, 0.25) is 5.02 Å². The summed E-state index contributed by atoms with van der Waals surface area (Å²) >= 11 is 6.11. The zero-order valence-electron chi connectivity index (χ0n) is 13.5. The molecule has 26 heavy (non-hydrogen) atoms. The number of aliphatic hydroxyl groups is 1. The summed E-state index contributed by atoms with van der Waals surface area (Å²) in [4.78, 5) is 22.9. The molecule has 0 saturated heterocycles. The molecule has 0 radical (unpaired) electrons. The first kappa shape index (κ1) is 16.5. The van der Waals surface area contributed by atoms with Crippen molar-refractivity contribution in [1.82, 2.24) is 24.7 Å². The largest absolute Gasteiger partial charge is 0.478 e. The molecule has 1 aromatic carbocycles. The Bertz CT molecular complexity index is 1130. The lowest BCUT2D eigenvalue weighted by Gasteiger charge is -2.01. The summed E-state index contributed by atoms with van der Waals surface area (Å²) in [7, 11) is 0. The summed E-state index contributed by atoms with van der Waals surface area (Å²) in [5.74, 6) is -1.08. The zero-order valence-corrected chi connectivity index (χ0v) is 14.2. The predicted octanol–water partition coefficient (Wildman–Crippen LogP) is 2.71. The Morgan fingerprint density at radius 1 is 1.35 bits per heavy atom. The molecule has 8 nitrogen and oxygen atoms in total. The number of aromatic carboxylic acids is 1. The minimum atomic E-state index is -1.08. The highest BCUT2D eigenvalue weighted by atomic mass is 35.5. The monoisotopic (exact) mass is 371 g/mol. The number of halogens is 1. The van der Waals surface area contributed by atoms with Gasteiger partial charge in [-0.05, 0) is 24.6 Å². The summed E-state index contributed by atoms with van der Waals surface area (Å²) < 4.78 is 1.76. The van der Waals surface area contributed by atoms with E-state index in [9.17, 15) is 9.90 Å². The molecule has 0 atom stereocenters. The second kappa shape index (κ2) is 6.40. The highest BCUT2D eigenvalue weighted by Gasteiger charge is 2.18. The van der Waals surface area contributed by atoms with Gasteiger partial charge in [-0.2, -0.15) is 5.10 Å². The first-order valence-corrected chi connectivity index (χ1v) is 8.31. The Kier molecular flexibility index (Phi) is 4.06. The standard InChI is InChI=1S/C17H14ClN5O3/c18-9-2-3-10-13(6-9)23(4-1-5-24)22-14(10)12-8-20-16-15(21-12)11(7-19-16)17(25)26/h2-3,6-8,24H,1,4-5H2,(H,19,20)(H,25,26). The summed E-state index contributed by atoms with van der Waals surface area (Å²) in [5, 5.41) is 24.4. The van der Waals surface area contributed by atoms with E-state index < -0.39 is 5.97 Å². The van der Waals surface area contributed by atoms with Gasteiger partial charge in [-0.25, -0.2) is 14.8 Å². The molecular weight excluding hydrogens is 358 g/mol. The molecule has 9 heteroatoms. The van der Waals surface area contributed by atoms with E-state index in [1.807, 2.05) is 6.07 Å². The van der Waals surface area contributed by atoms with E-state index >= 15 is 0 Å². The maximum absolute atomic E-state index is 11.4. The molecular formula is C17H14ClN5O3. The van der Waals surface area contributed by atoms with Crippen molar-refractivity contribution in [3.05, 3.63) is 41.2 Å². The number of benzene rings is 1. The first-order valence-electron chi connectivity index (χ1n) is 7.93. The summed E-state index contributed by atoms with van der Waals surface area (Å²) in [6.45, 7) is 0.571. The smallest absolute Gasteiger partial charge is 0.339 e. The number of nitrogens with zero attached hydrogens (tertiary/aromatic N) is 4. The van der Waals surface area contributed by atoms with Crippen molar-refractivity contribution in [3.8, 4) is 11.4 Å². The van der Waals surface area contributed by atoms with Crippen LogP contribution in [0, 0.1) is 0 Å². The van der Waals surface area contributed by atoms with Crippen LogP contribution in [-0.2, 0) is 6.54 Å². The highest BCUT2D eigenvalue weighted by Crippen LogP contribution is 2.30. The average Bonchev–Trinajstić information content (AvgIpc) is 3.20. The molecule has 3 heterocycles. The highest BCUT2D eigenvalue weighted by molar-refractivity contribution is 6.31. The zero-order chi connectivity index (χ0) is 18.3. The molecule has 0 fully saturated rings. The van der Waals surface area contributed by atoms with E-state index in [4.69, 9.17) is 16.7 Å². The fraction of sp³-hybridized carbons (Fsp3) is 0.176. The van der Waals surface area contributed by atoms with Crippen LogP contribution < -0.4 is 0 Å². The summed E-state index contributed by atoms with van der Waals surface area (Å²) in [6, 6.07) is 5.41. The van der Waals surface area contributed by atoms with Gasteiger partial charge in [-0.1, -0.05) is 11.6 Å². The van der Waals surface area contributed by atoms with Crippen molar-refractivity contribution in [2.45, 2.75) is 13.0 Å². The average molecular weight is 372 g/mol. The van der Waals surface area contributed by atoms with Gasteiger partial charge in [0.05, 0.1) is 11.7 Å². The van der Waals surface area contributed by atoms with Gasteiger partial charge >= 0.3 is 5.97 Å². The number of aliphatic hydroxyl groups excluding tert-OH is 1. The quantitative estimate of drug-likeness (QED) is 0.496. The Hall–Kier alpha value is -2.97. The van der Waals surface area contributed by atoms with E-state index in [0.29, 0.717) is 35.0 Å². The molecule has 4 rings (SSSR count). The number of hydrogen-bond acceptors (Lipinski definition) is 5. The van der Waals surface area contributed by atoms with Gasteiger partial charge in [0, 0.05) is 29.8 Å². The number of rotatable bonds is 5. The van der Waals surface area contributed by atoms with Crippen LogP contribution in [0.5, 0.6) is 0 Å². The lowest BCUT2D eigenvalue weighted by Crippen LogP contribution is -2.02. The third-order valence-electron chi connectivity index (χ3n) is 4.10. The normalized spacial score (nSPS) is 11.5. The van der Waals surface area contributed by atoms with Crippen LogP contribution in [0.15, 0.2) is 30.6 Å². The van der Waals surface area contributed by atoms with E-state index in [1.54, 1.807) is 23.0 Å². The van der Waals surface area contributed by atoms with Crippen molar-refractivity contribution in [1.29, 1.82) is 0 Å². The van der Waals surface area contributed by atoms with E-state index in [-0.39, 0.29) is 17.7 Å². The van der Waals surface area contributed by atoms with Gasteiger partial charge in [-0.15, -0.1) is 0 Å². The maximum atomic E-state index is 11.4. The van der Waals surface area contributed by atoms with E-state index in [1.165, 1.54) is 6.20 Å². The number of hydrogen-bond donors (Lipinski definition) is 3. The molecule has 0 aliphatic carbocycles. The third-order valence-corrected chi connectivity index (χ3v) is 4.33. The van der Waals surface area contributed by atoms with Crippen LogP contribution in [0.25, 0.3) is 33.5 Å². The van der Waals surface area contributed by atoms with Crippen LogP contribution in [0.1, 0.15) is 16.8 Å². The van der Waals surface area contributed by atoms with Gasteiger partial charge in [0.25, 0.3) is 0 Å². The number of nitrogens with one attached hydrogen (secondary N) is 1. The molecule has 4 aromatic rings. The van der Waals surface area contributed by atoms with Gasteiger partial charge in [0.2, 0.25) is 0 Å². The second-order valence-corrected chi connectivity index (χ2v) is 6.21. The second-order valence-electron chi connectivity index (χ2n) is 5.77. The lowest BCUT2D eigenvalue weighted by molar-refractivity contribution is 0.0699. The molecule has 3 N–H and O–H groups in total. The van der Waals surface area contributed by atoms with Gasteiger partial charge in [-0.3, -0.25) is 4.68 Å². The van der Waals surface area contributed by atoms with Gasteiger partial charge < -0.3 is 15.2 Å². The number of aromatic nitrogens is 5. The molecule has 0 saturated carbocycles. The maximum Gasteiger partial charge on any atom is 0.339 e. The number of aryl methyl sites for hydroxylation is 1. The fourth-order valence-corrected chi connectivity index (χ4v) is 3.06. The molecule has 0 aliphatic heterocycles. The third kappa shape index (κ3) is 2.69. The van der Waals surface area contributed by atoms with Gasteiger partial charge in [0.1, 0.15) is 22.5 Å². The number of aromatic amines is 1. The molecule has 132 valence electrons. The molecule has 0 bridgehead atoms. The minimum absolute atomic E-state index is 0.0499. The lowest BCUT2D eigenvalue weighted by atomic mass is 10.1.